The minimum absolute atomic E-state index is 0.272. The van der Waals surface area contributed by atoms with Crippen molar-refractivity contribution in [2.45, 2.75) is 17.6 Å². The van der Waals surface area contributed by atoms with E-state index in [0.717, 1.165) is 12.1 Å². The van der Waals surface area contributed by atoms with Crippen molar-refractivity contribution in [3.8, 4) is 11.4 Å². The van der Waals surface area contributed by atoms with Gasteiger partial charge in [0.25, 0.3) is 0 Å². The van der Waals surface area contributed by atoms with E-state index in [1.807, 2.05) is 37.2 Å². The van der Waals surface area contributed by atoms with Crippen molar-refractivity contribution in [1.82, 2.24) is 20.2 Å². The number of benzene rings is 1. The Hall–Kier alpha value is -2.76. The molecule has 0 radical (unpaired) electrons. The van der Waals surface area contributed by atoms with Gasteiger partial charge in [-0.15, -0.1) is 0 Å². The topological polar surface area (TPSA) is 117 Å². The number of ether oxygens (including phenoxy) is 1. The van der Waals surface area contributed by atoms with Crippen molar-refractivity contribution in [3.63, 3.8) is 0 Å². The van der Waals surface area contributed by atoms with E-state index >= 15 is 0 Å². The highest BCUT2D eigenvalue weighted by Crippen LogP contribution is 2.52. The molecule has 10 nitrogen and oxygen atoms in total. The monoisotopic (exact) mass is 488 g/mol. The van der Waals surface area contributed by atoms with Gasteiger partial charge in [0, 0.05) is 49.8 Å². The first kappa shape index (κ1) is 24.4. The molecule has 1 aromatic heterocycles. The second-order valence-electron chi connectivity index (χ2n) is 9.06. The van der Waals surface area contributed by atoms with E-state index in [2.05, 4.69) is 15.5 Å². The lowest BCUT2D eigenvalue weighted by atomic mass is 10.1. The Balaban J connectivity index is 1.58. The Bertz CT molecular complexity index is 1130. The number of likely N-dealkylation sites (N-methyl/N-ethyl adjacent to an activating group) is 1. The Labute approximate surface area is 200 Å². The Morgan fingerprint density at radius 3 is 2.41 bits per heavy atom. The maximum atomic E-state index is 12.6. The zero-order valence-electron chi connectivity index (χ0n) is 19.9. The normalized spacial score (nSPS) is 17.5. The van der Waals surface area contributed by atoms with Gasteiger partial charge in [-0.3, -0.25) is 0 Å². The van der Waals surface area contributed by atoms with E-state index in [1.165, 1.54) is 6.26 Å². The van der Waals surface area contributed by atoms with Gasteiger partial charge in [-0.25, -0.2) is 23.2 Å². The third kappa shape index (κ3) is 5.48. The SMILES string of the molecule is CN(C)CCNC(=O)Nc1ccc(-c2nc(N3CCOCC3)cc(C3(S(C)(=O)=O)CC3)n2)cc1. The van der Waals surface area contributed by atoms with E-state index < -0.39 is 14.6 Å². The van der Waals surface area contributed by atoms with E-state index in [9.17, 15) is 13.2 Å². The van der Waals surface area contributed by atoms with Gasteiger partial charge >= 0.3 is 6.03 Å². The molecule has 184 valence electrons. The second-order valence-corrected chi connectivity index (χ2v) is 11.4. The van der Waals surface area contributed by atoms with Crippen molar-refractivity contribution in [2.24, 2.45) is 0 Å². The van der Waals surface area contributed by atoms with Crippen molar-refractivity contribution in [1.29, 1.82) is 0 Å². The van der Waals surface area contributed by atoms with Crippen LogP contribution in [0.2, 0.25) is 0 Å². The number of urea groups is 1. The molecule has 1 saturated heterocycles. The summed E-state index contributed by atoms with van der Waals surface area (Å²) in [7, 11) is 0.575. The first-order valence-electron chi connectivity index (χ1n) is 11.4. The summed E-state index contributed by atoms with van der Waals surface area (Å²) < 4.78 is 29.7. The molecule has 1 saturated carbocycles. The number of amides is 2. The smallest absolute Gasteiger partial charge is 0.319 e. The van der Waals surface area contributed by atoms with Gasteiger partial charge in [-0.05, 0) is 51.2 Å². The molecule has 2 amide bonds. The molecular formula is C23H32N6O4S. The van der Waals surface area contributed by atoms with Gasteiger partial charge < -0.3 is 25.2 Å². The quantitative estimate of drug-likeness (QED) is 0.577. The minimum atomic E-state index is -3.32. The lowest BCUT2D eigenvalue weighted by Crippen LogP contribution is -2.37. The lowest BCUT2D eigenvalue weighted by molar-refractivity contribution is 0.122. The van der Waals surface area contributed by atoms with E-state index in [1.54, 1.807) is 12.1 Å². The van der Waals surface area contributed by atoms with E-state index in [-0.39, 0.29) is 6.03 Å². The average Bonchev–Trinajstić information content (AvgIpc) is 3.62. The van der Waals surface area contributed by atoms with Gasteiger partial charge in [0.15, 0.2) is 15.7 Å². The molecule has 1 aromatic carbocycles. The highest BCUT2D eigenvalue weighted by molar-refractivity contribution is 7.91. The van der Waals surface area contributed by atoms with Crippen molar-refractivity contribution < 1.29 is 17.9 Å². The molecule has 0 atom stereocenters. The van der Waals surface area contributed by atoms with E-state index in [0.29, 0.717) is 68.7 Å². The van der Waals surface area contributed by atoms with Gasteiger partial charge in [0.05, 0.1) is 18.9 Å². The van der Waals surface area contributed by atoms with Crippen molar-refractivity contribution in [2.75, 3.05) is 70.0 Å². The fraction of sp³-hybridized carbons (Fsp3) is 0.522. The second kappa shape index (κ2) is 9.85. The number of carbonyl (C=O) groups excluding carboxylic acids is 1. The zero-order chi connectivity index (χ0) is 24.3. The third-order valence-electron chi connectivity index (χ3n) is 6.17. The Morgan fingerprint density at radius 1 is 1.15 bits per heavy atom. The van der Waals surface area contributed by atoms with Crippen LogP contribution in [0, 0.1) is 0 Å². The molecule has 2 heterocycles. The van der Waals surface area contributed by atoms with Crippen LogP contribution in [0.15, 0.2) is 30.3 Å². The van der Waals surface area contributed by atoms with Crippen molar-refractivity contribution >= 4 is 27.4 Å². The summed E-state index contributed by atoms with van der Waals surface area (Å²) in [5.74, 6) is 1.18. The highest BCUT2D eigenvalue weighted by Gasteiger charge is 2.55. The average molecular weight is 489 g/mol. The van der Waals surface area contributed by atoms with Gasteiger partial charge in [-0.1, -0.05) is 0 Å². The molecule has 0 unspecified atom stereocenters. The molecule has 11 heteroatoms. The maximum absolute atomic E-state index is 12.6. The Morgan fingerprint density at radius 2 is 1.82 bits per heavy atom. The molecule has 34 heavy (non-hydrogen) atoms. The van der Waals surface area contributed by atoms with Crippen LogP contribution in [0.1, 0.15) is 18.5 Å². The molecule has 0 spiro atoms. The summed E-state index contributed by atoms with van der Waals surface area (Å²) in [6.45, 7) is 3.87. The molecule has 2 aromatic rings. The number of nitrogens with one attached hydrogen (secondary N) is 2. The van der Waals surface area contributed by atoms with Gasteiger partial charge in [-0.2, -0.15) is 0 Å². The summed E-state index contributed by atoms with van der Waals surface area (Å²) in [5.41, 5.74) is 1.94. The predicted octanol–water partition coefficient (Wildman–Crippen LogP) is 1.70. The highest BCUT2D eigenvalue weighted by atomic mass is 32.2. The van der Waals surface area contributed by atoms with Crippen LogP contribution < -0.4 is 15.5 Å². The van der Waals surface area contributed by atoms with E-state index in [4.69, 9.17) is 14.7 Å². The number of nitrogens with zero attached hydrogens (tertiary/aromatic N) is 4. The van der Waals surface area contributed by atoms with Crippen molar-refractivity contribution in [3.05, 3.63) is 36.0 Å². The van der Waals surface area contributed by atoms with Crippen LogP contribution in [0.4, 0.5) is 16.3 Å². The molecular weight excluding hydrogens is 456 g/mol. The van der Waals surface area contributed by atoms with Crippen LogP contribution in [0.5, 0.6) is 0 Å². The van der Waals surface area contributed by atoms with Gasteiger partial charge in [0.2, 0.25) is 0 Å². The number of hydrogen-bond acceptors (Lipinski definition) is 8. The van der Waals surface area contributed by atoms with Crippen LogP contribution in [-0.4, -0.2) is 89.1 Å². The molecule has 1 aliphatic carbocycles. The number of sulfone groups is 1. The first-order valence-corrected chi connectivity index (χ1v) is 13.3. The molecule has 0 bridgehead atoms. The number of morpholine rings is 1. The summed E-state index contributed by atoms with van der Waals surface area (Å²) in [5, 5.41) is 5.62. The van der Waals surface area contributed by atoms with Crippen LogP contribution >= 0.6 is 0 Å². The molecule has 1 aliphatic heterocycles. The number of carbonyl (C=O) groups is 1. The zero-order valence-corrected chi connectivity index (χ0v) is 20.7. The van der Waals surface area contributed by atoms with Gasteiger partial charge in [0.1, 0.15) is 10.6 Å². The maximum Gasteiger partial charge on any atom is 0.319 e. The summed E-state index contributed by atoms with van der Waals surface area (Å²) >= 11 is 0. The molecule has 4 rings (SSSR count). The predicted molar refractivity (Wildman–Crippen MR) is 132 cm³/mol. The fourth-order valence-electron chi connectivity index (χ4n) is 3.95. The number of hydrogen-bond donors (Lipinski definition) is 2. The van der Waals surface area contributed by atoms with Crippen LogP contribution in [0.3, 0.4) is 0 Å². The van der Waals surface area contributed by atoms with Crippen LogP contribution in [0.25, 0.3) is 11.4 Å². The largest absolute Gasteiger partial charge is 0.378 e. The van der Waals surface area contributed by atoms with Crippen LogP contribution in [-0.2, 0) is 19.3 Å². The number of anilines is 2. The number of aromatic nitrogens is 2. The first-order chi connectivity index (χ1) is 16.2. The molecule has 2 aliphatic rings. The summed E-state index contributed by atoms with van der Waals surface area (Å²) in [6, 6.07) is 8.78. The fourth-order valence-corrected chi connectivity index (χ4v) is 5.28. The number of rotatable bonds is 8. The lowest BCUT2D eigenvalue weighted by Gasteiger charge is -2.29. The summed E-state index contributed by atoms with van der Waals surface area (Å²) in [4.78, 5) is 25.6. The molecule has 2 fully saturated rings. The third-order valence-corrected chi connectivity index (χ3v) is 8.21. The minimum Gasteiger partial charge on any atom is -0.378 e. The molecule has 2 N–H and O–H groups in total. The Kier molecular flexibility index (Phi) is 7.06. The standard InChI is InChI=1S/C23H32N6O4S/c1-28(2)11-10-24-22(30)25-18-6-4-17(5-7-18)21-26-19(23(8-9-23)34(3,31)32)16-20(27-21)29-12-14-33-15-13-29/h4-7,16H,8-15H2,1-3H3,(H2,24,25,30). The summed E-state index contributed by atoms with van der Waals surface area (Å²) in [6.07, 6.45) is 2.41.